The van der Waals surface area contributed by atoms with Crippen molar-refractivity contribution in [3.8, 4) is 11.5 Å². The van der Waals surface area contributed by atoms with E-state index in [9.17, 15) is 4.79 Å². The largest absolute Gasteiger partial charge is 0.493 e. The maximum atomic E-state index is 12.6. The molecule has 6 nitrogen and oxygen atoms in total. The number of hydrogen-bond acceptors (Lipinski definition) is 4. The molecule has 0 N–H and O–H groups in total. The molecular weight excluding hydrogens is 354 g/mol. The molecule has 0 atom stereocenters. The van der Waals surface area contributed by atoms with E-state index in [4.69, 9.17) is 21.1 Å². The molecule has 0 aliphatic rings. The fourth-order valence-electron chi connectivity index (χ4n) is 2.64. The molecule has 2 rings (SSSR count). The van der Waals surface area contributed by atoms with E-state index in [0.717, 1.165) is 16.8 Å². The van der Waals surface area contributed by atoms with Gasteiger partial charge in [0, 0.05) is 31.8 Å². The maximum Gasteiger partial charge on any atom is 0.246 e. The minimum atomic E-state index is -0.0957. The summed E-state index contributed by atoms with van der Waals surface area (Å²) < 4.78 is 12.2. The number of benzene rings is 1. The lowest BCUT2D eigenvalue weighted by atomic mass is 10.1. The van der Waals surface area contributed by atoms with Gasteiger partial charge in [0.15, 0.2) is 11.5 Å². The van der Waals surface area contributed by atoms with E-state index < -0.39 is 0 Å². The van der Waals surface area contributed by atoms with E-state index in [2.05, 4.69) is 5.10 Å². The minimum absolute atomic E-state index is 0.0957. The van der Waals surface area contributed by atoms with E-state index in [1.54, 1.807) is 36.9 Å². The first-order valence-corrected chi connectivity index (χ1v) is 8.66. The Bertz CT molecular complexity index is 815. The van der Waals surface area contributed by atoms with Crippen molar-refractivity contribution in [2.45, 2.75) is 20.4 Å². The highest BCUT2D eigenvalue weighted by molar-refractivity contribution is 6.31. The molecule has 1 aromatic carbocycles. The lowest BCUT2D eigenvalue weighted by Gasteiger charge is -2.20. The summed E-state index contributed by atoms with van der Waals surface area (Å²) in [5.41, 5.74) is 2.50. The lowest BCUT2D eigenvalue weighted by Crippen LogP contribution is -2.28. The van der Waals surface area contributed by atoms with Crippen LogP contribution < -0.4 is 9.47 Å². The van der Waals surface area contributed by atoms with Crippen molar-refractivity contribution in [2.24, 2.45) is 7.05 Å². The Morgan fingerprint density at radius 1 is 1.31 bits per heavy atom. The van der Waals surface area contributed by atoms with Crippen molar-refractivity contribution in [3.63, 3.8) is 0 Å². The van der Waals surface area contributed by atoms with Gasteiger partial charge >= 0.3 is 0 Å². The van der Waals surface area contributed by atoms with Crippen LogP contribution >= 0.6 is 11.6 Å². The summed E-state index contributed by atoms with van der Waals surface area (Å²) in [4.78, 5) is 14.3. The molecule has 0 saturated carbocycles. The quantitative estimate of drug-likeness (QED) is 0.693. The fourth-order valence-corrected chi connectivity index (χ4v) is 2.88. The van der Waals surface area contributed by atoms with Gasteiger partial charge in [0.05, 0.1) is 19.9 Å². The van der Waals surface area contributed by atoms with Gasteiger partial charge in [-0.15, -0.1) is 0 Å². The number of aromatic nitrogens is 2. The maximum absolute atomic E-state index is 12.6. The number of carbonyl (C=O) groups is 1. The number of amides is 1. The summed E-state index contributed by atoms with van der Waals surface area (Å²) in [5, 5.41) is 4.75. The average Bonchev–Trinajstić information content (AvgIpc) is 2.89. The second-order valence-corrected chi connectivity index (χ2v) is 6.15. The third-order valence-corrected chi connectivity index (χ3v) is 4.55. The first-order chi connectivity index (χ1) is 12.4. The monoisotopic (exact) mass is 377 g/mol. The van der Waals surface area contributed by atoms with Crippen LogP contribution in [0.1, 0.15) is 23.7 Å². The zero-order chi connectivity index (χ0) is 19.3. The number of hydrogen-bond donors (Lipinski definition) is 0. The zero-order valence-electron chi connectivity index (χ0n) is 15.7. The SMILES string of the molecule is CCN(Cc1ccc(OC)c(OC)c1)C(=O)/C=C/c1c(C)nn(C)c1Cl. The minimum Gasteiger partial charge on any atom is -0.493 e. The molecule has 1 aromatic heterocycles. The third kappa shape index (κ3) is 4.38. The number of nitrogens with zero attached hydrogens (tertiary/aromatic N) is 3. The molecule has 0 saturated heterocycles. The van der Waals surface area contributed by atoms with E-state index in [1.165, 1.54) is 6.08 Å². The summed E-state index contributed by atoms with van der Waals surface area (Å²) >= 11 is 6.20. The van der Waals surface area contributed by atoms with Gasteiger partial charge in [0.1, 0.15) is 5.15 Å². The van der Waals surface area contributed by atoms with E-state index in [-0.39, 0.29) is 5.91 Å². The zero-order valence-corrected chi connectivity index (χ0v) is 16.5. The topological polar surface area (TPSA) is 56.6 Å². The van der Waals surface area contributed by atoms with Crippen LogP contribution in [0.3, 0.4) is 0 Å². The van der Waals surface area contributed by atoms with Crippen molar-refractivity contribution in [1.82, 2.24) is 14.7 Å². The Morgan fingerprint density at radius 2 is 2.00 bits per heavy atom. The molecule has 1 heterocycles. The molecule has 0 aliphatic heterocycles. The average molecular weight is 378 g/mol. The highest BCUT2D eigenvalue weighted by Crippen LogP contribution is 2.28. The third-order valence-electron chi connectivity index (χ3n) is 4.10. The first kappa shape index (κ1) is 19.8. The van der Waals surface area contributed by atoms with Gasteiger partial charge in [-0.05, 0) is 37.6 Å². The van der Waals surface area contributed by atoms with Crippen LogP contribution in [0.25, 0.3) is 6.08 Å². The Labute approximate surface area is 159 Å². The molecule has 1 amide bonds. The Balaban J connectivity index is 2.15. The van der Waals surface area contributed by atoms with Crippen molar-refractivity contribution >= 4 is 23.6 Å². The molecular formula is C19H24ClN3O3. The van der Waals surface area contributed by atoms with Crippen LogP contribution in [0.5, 0.6) is 11.5 Å². The van der Waals surface area contributed by atoms with Gasteiger partial charge in [-0.1, -0.05) is 17.7 Å². The standard InChI is InChI=1S/C19H24ClN3O3/c1-6-23(12-14-7-9-16(25-4)17(11-14)26-5)18(24)10-8-15-13(2)21-22(3)19(15)20/h7-11H,6,12H2,1-5H3/b10-8+. The summed E-state index contributed by atoms with van der Waals surface area (Å²) in [6.07, 6.45) is 3.24. The van der Waals surface area contributed by atoms with E-state index in [0.29, 0.717) is 29.7 Å². The van der Waals surface area contributed by atoms with E-state index >= 15 is 0 Å². The van der Waals surface area contributed by atoms with Crippen LogP contribution in [0.2, 0.25) is 5.15 Å². The fraction of sp³-hybridized carbons (Fsp3) is 0.368. The van der Waals surface area contributed by atoms with Crippen LogP contribution in [0.15, 0.2) is 24.3 Å². The van der Waals surface area contributed by atoms with Gasteiger partial charge in [0.25, 0.3) is 0 Å². The lowest BCUT2D eigenvalue weighted by molar-refractivity contribution is -0.126. The Morgan fingerprint density at radius 3 is 2.54 bits per heavy atom. The highest BCUT2D eigenvalue weighted by atomic mass is 35.5. The number of likely N-dealkylation sites (N-methyl/N-ethyl adjacent to an activating group) is 1. The van der Waals surface area contributed by atoms with Crippen molar-refractivity contribution in [2.75, 3.05) is 20.8 Å². The molecule has 0 fully saturated rings. The number of ether oxygens (including phenoxy) is 2. The predicted octanol–water partition coefficient (Wildman–Crippen LogP) is 3.46. The number of methoxy groups -OCH3 is 2. The number of aryl methyl sites for hydroxylation is 2. The summed E-state index contributed by atoms with van der Waals surface area (Å²) in [6, 6.07) is 5.63. The molecule has 0 radical (unpaired) electrons. The molecule has 0 aliphatic carbocycles. The van der Waals surface area contributed by atoms with Crippen LogP contribution in [0, 0.1) is 6.92 Å². The smallest absolute Gasteiger partial charge is 0.246 e. The van der Waals surface area contributed by atoms with Gasteiger partial charge in [-0.2, -0.15) is 5.10 Å². The Hall–Kier alpha value is -2.47. The van der Waals surface area contributed by atoms with Gasteiger partial charge in [-0.3, -0.25) is 9.48 Å². The number of rotatable bonds is 7. The summed E-state index contributed by atoms with van der Waals surface area (Å²) in [6.45, 7) is 4.85. The summed E-state index contributed by atoms with van der Waals surface area (Å²) in [7, 11) is 4.95. The number of carbonyl (C=O) groups excluding carboxylic acids is 1. The number of halogens is 1. The van der Waals surface area contributed by atoms with Crippen molar-refractivity contribution in [3.05, 3.63) is 46.2 Å². The summed E-state index contributed by atoms with van der Waals surface area (Å²) in [5.74, 6) is 1.20. The Kier molecular flexibility index (Phi) is 6.69. The highest BCUT2D eigenvalue weighted by Gasteiger charge is 2.13. The van der Waals surface area contributed by atoms with Crippen molar-refractivity contribution in [1.29, 1.82) is 0 Å². The van der Waals surface area contributed by atoms with E-state index in [1.807, 2.05) is 32.0 Å². The second-order valence-electron chi connectivity index (χ2n) is 5.79. The van der Waals surface area contributed by atoms with Crippen LogP contribution in [-0.4, -0.2) is 41.4 Å². The first-order valence-electron chi connectivity index (χ1n) is 8.28. The van der Waals surface area contributed by atoms with Gasteiger partial charge < -0.3 is 14.4 Å². The molecule has 26 heavy (non-hydrogen) atoms. The van der Waals surface area contributed by atoms with Gasteiger partial charge in [-0.25, -0.2) is 0 Å². The molecule has 2 aromatic rings. The van der Waals surface area contributed by atoms with Crippen molar-refractivity contribution < 1.29 is 14.3 Å². The normalized spacial score (nSPS) is 11.0. The molecule has 7 heteroatoms. The molecule has 140 valence electrons. The molecule has 0 spiro atoms. The molecule has 0 unspecified atom stereocenters. The van der Waals surface area contributed by atoms with Gasteiger partial charge in [0.2, 0.25) is 5.91 Å². The second kappa shape index (κ2) is 8.76. The predicted molar refractivity (Wildman–Crippen MR) is 103 cm³/mol. The molecule has 0 bridgehead atoms. The van der Waals surface area contributed by atoms with Crippen LogP contribution in [0.4, 0.5) is 0 Å². The van der Waals surface area contributed by atoms with Crippen LogP contribution in [-0.2, 0) is 18.4 Å².